The van der Waals surface area contributed by atoms with Crippen molar-refractivity contribution in [3.8, 4) is 11.1 Å². The van der Waals surface area contributed by atoms with Crippen molar-refractivity contribution in [2.45, 2.75) is 82.4 Å². The number of hydrogen-bond donors (Lipinski definition) is 1. The Kier molecular flexibility index (Phi) is 7.31. The molecule has 0 bridgehead atoms. The molecule has 208 valence electrons. The minimum atomic E-state index is -0.900. The molecule has 0 aromatic heterocycles. The summed E-state index contributed by atoms with van der Waals surface area (Å²) >= 11 is 0. The lowest BCUT2D eigenvalue weighted by molar-refractivity contribution is -0.137. The van der Waals surface area contributed by atoms with Crippen molar-refractivity contribution in [3.63, 3.8) is 0 Å². The van der Waals surface area contributed by atoms with Gasteiger partial charge in [0.25, 0.3) is 0 Å². The minimum absolute atomic E-state index is 0.0390. The maximum atomic E-state index is 13.7. The molecule has 5 rings (SSSR count). The number of carboxylic acid groups (broad SMARTS) is 1. The fraction of sp³-hybridized carbons (Fsp3) is 0.516. The molecule has 1 aliphatic heterocycles. The van der Waals surface area contributed by atoms with Gasteiger partial charge in [-0.1, -0.05) is 48.5 Å². The first-order valence-electron chi connectivity index (χ1n) is 13.9. The molecular formula is C31H38N2O6. The summed E-state index contributed by atoms with van der Waals surface area (Å²) in [5.74, 6) is -0.968. The number of carboxylic acids is 1. The summed E-state index contributed by atoms with van der Waals surface area (Å²) < 4.78 is 11.7. The number of amides is 2. The Balaban J connectivity index is 1.36. The van der Waals surface area contributed by atoms with Gasteiger partial charge >= 0.3 is 18.2 Å². The Morgan fingerprint density at radius 1 is 1.03 bits per heavy atom. The van der Waals surface area contributed by atoms with Gasteiger partial charge in [0.15, 0.2) is 0 Å². The molecule has 2 aliphatic carbocycles. The van der Waals surface area contributed by atoms with Crippen LogP contribution in [0.5, 0.6) is 0 Å². The van der Waals surface area contributed by atoms with E-state index in [1.165, 1.54) is 0 Å². The summed E-state index contributed by atoms with van der Waals surface area (Å²) in [5, 5.41) is 9.24. The first-order valence-corrected chi connectivity index (χ1v) is 13.9. The van der Waals surface area contributed by atoms with Gasteiger partial charge in [-0.15, -0.1) is 0 Å². The van der Waals surface area contributed by atoms with Crippen LogP contribution in [0.3, 0.4) is 0 Å². The van der Waals surface area contributed by atoms with Crippen LogP contribution in [0.2, 0.25) is 0 Å². The first-order chi connectivity index (χ1) is 18.6. The van der Waals surface area contributed by atoms with E-state index in [1.54, 1.807) is 9.80 Å². The van der Waals surface area contributed by atoms with Crippen molar-refractivity contribution < 1.29 is 29.0 Å². The van der Waals surface area contributed by atoms with Crippen molar-refractivity contribution >= 4 is 18.2 Å². The number of rotatable bonds is 7. The van der Waals surface area contributed by atoms with Gasteiger partial charge in [0.1, 0.15) is 12.2 Å². The molecule has 2 aromatic carbocycles. The Bertz CT molecular complexity index is 1200. The van der Waals surface area contributed by atoms with Gasteiger partial charge in [-0.25, -0.2) is 9.59 Å². The predicted octanol–water partition coefficient (Wildman–Crippen LogP) is 6.03. The maximum absolute atomic E-state index is 13.7. The van der Waals surface area contributed by atoms with E-state index in [0.717, 1.165) is 41.5 Å². The van der Waals surface area contributed by atoms with Gasteiger partial charge in [0.05, 0.1) is 11.6 Å². The molecule has 2 fully saturated rings. The normalized spacial score (nSPS) is 19.3. The number of nitrogens with zero attached hydrogens (tertiary/aromatic N) is 2. The molecule has 8 nitrogen and oxygen atoms in total. The molecule has 1 N–H and O–H groups in total. The predicted molar refractivity (Wildman–Crippen MR) is 147 cm³/mol. The Labute approximate surface area is 229 Å². The molecule has 1 saturated heterocycles. The standard InChI is InChI=1S/C31H38N2O6/c1-30(2,3)39-29(37)33-19-15-26(31(33)16-9-17-31)32(18-8-14-27(34)35)28(36)38-20-25-23-12-6-4-10-21(23)22-11-5-7-13-24(22)25/h4-7,10-13,25-26H,8-9,14-20H2,1-3H3,(H,34,35). The van der Waals surface area contributed by atoms with E-state index in [1.807, 2.05) is 45.0 Å². The lowest BCUT2D eigenvalue weighted by Crippen LogP contribution is -2.63. The van der Waals surface area contributed by atoms with E-state index in [-0.39, 0.29) is 37.6 Å². The van der Waals surface area contributed by atoms with Crippen LogP contribution in [0, 0.1) is 0 Å². The summed E-state index contributed by atoms with van der Waals surface area (Å²) in [7, 11) is 0. The zero-order valence-electron chi connectivity index (χ0n) is 23.0. The fourth-order valence-corrected chi connectivity index (χ4v) is 6.55. The molecule has 39 heavy (non-hydrogen) atoms. The number of benzene rings is 2. The monoisotopic (exact) mass is 534 g/mol. The molecule has 1 atom stereocenters. The highest BCUT2D eigenvalue weighted by Gasteiger charge is 2.58. The lowest BCUT2D eigenvalue weighted by Gasteiger charge is -2.51. The SMILES string of the molecule is CC(C)(C)OC(=O)N1CCC(N(CCCC(=O)O)C(=O)OCC2c3ccccc3-c3ccccc32)C12CCC2. The smallest absolute Gasteiger partial charge is 0.410 e. The van der Waals surface area contributed by atoms with E-state index < -0.39 is 23.2 Å². The van der Waals surface area contributed by atoms with Crippen LogP contribution in [0.25, 0.3) is 11.1 Å². The third-order valence-corrected chi connectivity index (χ3v) is 8.35. The highest BCUT2D eigenvalue weighted by molar-refractivity contribution is 5.79. The van der Waals surface area contributed by atoms with Crippen molar-refractivity contribution in [1.82, 2.24) is 9.80 Å². The molecule has 1 heterocycles. The minimum Gasteiger partial charge on any atom is -0.481 e. The van der Waals surface area contributed by atoms with Gasteiger partial charge in [-0.05, 0) is 75.1 Å². The number of hydrogen-bond acceptors (Lipinski definition) is 5. The number of carbonyl (C=O) groups is 3. The quantitative estimate of drug-likeness (QED) is 0.466. The van der Waals surface area contributed by atoms with Gasteiger partial charge in [-0.2, -0.15) is 0 Å². The van der Waals surface area contributed by atoms with Crippen LogP contribution < -0.4 is 0 Å². The molecular weight excluding hydrogens is 496 g/mol. The summed E-state index contributed by atoms with van der Waals surface area (Å²) in [6.45, 7) is 6.49. The third-order valence-electron chi connectivity index (χ3n) is 8.35. The summed E-state index contributed by atoms with van der Waals surface area (Å²) in [6.07, 6.45) is 2.60. The van der Waals surface area contributed by atoms with Crippen LogP contribution in [0.15, 0.2) is 48.5 Å². The van der Waals surface area contributed by atoms with Crippen LogP contribution in [-0.2, 0) is 14.3 Å². The largest absolute Gasteiger partial charge is 0.481 e. The molecule has 2 amide bonds. The van der Waals surface area contributed by atoms with Crippen molar-refractivity contribution in [2.75, 3.05) is 19.7 Å². The van der Waals surface area contributed by atoms with Crippen molar-refractivity contribution in [2.24, 2.45) is 0 Å². The van der Waals surface area contributed by atoms with E-state index in [2.05, 4.69) is 24.3 Å². The summed E-state index contributed by atoms with van der Waals surface area (Å²) in [6, 6.07) is 16.1. The summed E-state index contributed by atoms with van der Waals surface area (Å²) in [5.41, 5.74) is 3.47. The van der Waals surface area contributed by atoms with E-state index in [0.29, 0.717) is 19.4 Å². The van der Waals surface area contributed by atoms with E-state index in [9.17, 15) is 19.5 Å². The Hall–Kier alpha value is -3.55. The number of fused-ring (bicyclic) bond motifs is 3. The molecule has 8 heteroatoms. The summed E-state index contributed by atoms with van der Waals surface area (Å²) in [4.78, 5) is 41.6. The fourth-order valence-electron chi connectivity index (χ4n) is 6.55. The zero-order chi connectivity index (χ0) is 27.8. The maximum Gasteiger partial charge on any atom is 0.410 e. The average Bonchev–Trinajstić information content (AvgIpc) is 3.41. The third kappa shape index (κ3) is 5.21. The topological polar surface area (TPSA) is 96.4 Å². The number of likely N-dealkylation sites (tertiary alicyclic amines) is 1. The van der Waals surface area contributed by atoms with Crippen LogP contribution in [0.4, 0.5) is 9.59 Å². The van der Waals surface area contributed by atoms with Gasteiger partial charge in [-0.3, -0.25) is 4.79 Å². The highest BCUT2D eigenvalue weighted by atomic mass is 16.6. The van der Waals surface area contributed by atoms with E-state index >= 15 is 0 Å². The van der Waals surface area contributed by atoms with Gasteiger partial charge in [0.2, 0.25) is 0 Å². The van der Waals surface area contributed by atoms with Crippen molar-refractivity contribution in [3.05, 3.63) is 59.7 Å². The molecule has 1 unspecified atom stereocenters. The van der Waals surface area contributed by atoms with Gasteiger partial charge < -0.3 is 24.4 Å². The average molecular weight is 535 g/mol. The van der Waals surface area contributed by atoms with Crippen LogP contribution >= 0.6 is 0 Å². The molecule has 0 radical (unpaired) electrons. The second kappa shape index (κ2) is 10.5. The number of carbonyl (C=O) groups excluding carboxylic acids is 2. The van der Waals surface area contributed by atoms with Gasteiger partial charge in [0, 0.05) is 25.4 Å². The zero-order valence-corrected chi connectivity index (χ0v) is 23.0. The van der Waals surface area contributed by atoms with Crippen LogP contribution in [0.1, 0.15) is 76.3 Å². The van der Waals surface area contributed by atoms with Crippen molar-refractivity contribution in [1.29, 1.82) is 0 Å². The second-order valence-corrected chi connectivity index (χ2v) is 11.9. The number of ether oxygens (including phenoxy) is 2. The van der Waals surface area contributed by atoms with E-state index in [4.69, 9.17) is 9.47 Å². The molecule has 2 aromatic rings. The first kappa shape index (κ1) is 27.0. The molecule has 1 spiro atoms. The van der Waals surface area contributed by atoms with Crippen LogP contribution in [-0.4, -0.2) is 69.9 Å². The molecule has 3 aliphatic rings. The highest BCUT2D eigenvalue weighted by Crippen LogP contribution is 2.49. The lowest BCUT2D eigenvalue weighted by atomic mass is 9.71. The second-order valence-electron chi connectivity index (χ2n) is 11.9. The molecule has 1 saturated carbocycles. The number of aliphatic carboxylic acids is 1. The Morgan fingerprint density at radius 2 is 1.64 bits per heavy atom. The Morgan fingerprint density at radius 3 is 2.18 bits per heavy atom.